The summed E-state index contributed by atoms with van der Waals surface area (Å²) in [6, 6.07) is 19.1. The Morgan fingerprint density at radius 2 is 1.56 bits per heavy atom. The van der Waals surface area contributed by atoms with E-state index in [1.54, 1.807) is 0 Å². The van der Waals surface area contributed by atoms with Crippen molar-refractivity contribution in [2.45, 2.75) is 13.8 Å². The van der Waals surface area contributed by atoms with E-state index < -0.39 is 0 Å². The van der Waals surface area contributed by atoms with Crippen molar-refractivity contribution < 1.29 is 0 Å². The van der Waals surface area contributed by atoms with Gasteiger partial charge >= 0.3 is 0 Å². The summed E-state index contributed by atoms with van der Waals surface area (Å²) in [7, 11) is 0. The molecule has 16 heavy (non-hydrogen) atoms. The molecule has 0 N–H and O–H groups in total. The third-order valence-corrected chi connectivity index (χ3v) is 2.70. The highest BCUT2D eigenvalue weighted by atomic mass is 15.1. The first-order chi connectivity index (χ1) is 7.81. The first-order valence-electron chi connectivity index (χ1n) is 5.70. The minimum atomic E-state index is 0.980. The molecule has 1 heteroatoms. The highest BCUT2D eigenvalue weighted by molar-refractivity contribution is 5.63. The van der Waals surface area contributed by atoms with Gasteiger partial charge in [-0.3, -0.25) is 0 Å². The minimum absolute atomic E-state index is 0.980. The van der Waals surface area contributed by atoms with Gasteiger partial charge in [0.2, 0.25) is 0 Å². The average molecular weight is 211 g/mol. The summed E-state index contributed by atoms with van der Waals surface area (Å²) in [6.45, 7) is 5.28. The molecule has 0 atom stereocenters. The van der Waals surface area contributed by atoms with E-state index >= 15 is 0 Å². The van der Waals surface area contributed by atoms with Crippen LogP contribution in [0.2, 0.25) is 0 Å². The van der Waals surface area contributed by atoms with Crippen molar-refractivity contribution in [3.8, 4) is 0 Å². The van der Waals surface area contributed by atoms with E-state index in [0.29, 0.717) is 0 Å². The lowest BCUT2D eigenvalue weighted by molar-refractivity contribution is 1.02. The lowest BCUT2D eigenvalue weighted by Crippen LogP contribution is -2.15. The second-order valence-electron chi connectivity index (χ2n) is 3.92. The van der Waals surface area contributed by atoms with E-state index in [2.05, 4.69) is 67.3 Å². The van der Waals surface area contributed by atoms with Crippen molar-refractivity contribution in [3.63, 3.8) is 0 Å². The normalized spacial score (nSPS) is 10.1. The fourth-order valence-electron chi connectivity index (χ4n) is 1.92. The van der Waals surface area contributed by atoms with E-state index in [0.717, 1.165) is 6.54 Å². The fourth-order valence-corrected chi connectivity index (χ4v) is 1.92. The molecule has 0 saturated heterocycles. The molecule has 2 aromatic carbocycles. The second kappa shape index (κ2) is 4.84. The number of aryl methyl sites for hydroxylation is 1. The molecule has 0 radical (unpaired) electrons. The van der Waals surface area contributed by atoms with Crippen LogP contribution in [0.15, 0.2) is 54.6 Å². The van der Waals surface area contributed by atoms with Crippen LogP contribution in [-0.2, 0) is 0 Å². The Balaban J connectivity index is 2.37. The molecule has 0 bridgehead atoms. The fraction of sp³-hybridized carbons (Fsp3) is 0.200. The highest BCUT2D eigenvalue weighted by Gasteiger charge is 2.05. The molecular weight excluding hydrogens is 194 g/mol. The number of benzene rings is 2. The Kier molecular flexibility index (Phi) is 3.25. The zero-order valence-corrected chi connectivity index (χ0v) is 9.85. The van der Waals surface area contributed by atoms with Gasteiger partial charge in [-0.2, -0.15) is 0 Å². The number of nitrogens with zero attached hydrogens (tertiary/aromatic N) is 1. The summed E-state index contributed by atoms with van der Waals surface area (Å²) in [5.41, 5.74) is 3.80. The van der Waals surface area contributed by atoms with Gasteiger partial charge in [0.05, 0.1) is 0 Å². The quantitative estimate of drug-likeness (QED) is 0.737. The summed E-state index contributed by atoms with van der Waals surface area (Å²) < 4.78 is 0. The number of rotatable bonds is 3. The average Bonchev–Trinajstić information content (AvgIpc) is 2.31. The third kappa shape index (κ3) is 2.25. The maximum Gasteiger partial charge on any atom is 0.0413 e. The topological polar surface area (TPSA) is 3.24 Å². The number of hydrogen-bond donors (Lipinski definition) is 0. The summed E-state index contributed by atoms with van der Waals surface area (Å²) in [6.07, 6.45) is 0. The van der Waals surface area contributed by atoms with Crippen molar-refractivity contribution in [1.82, 2.24) is 0 Å². The van der Waals surface area contributed by atoms with Crippen LogP contribution in [0.5, 0.6) is 0 Å². The standard InChI is InChI=1S/C15H17N/c1-3-16(14-9-5-4-6-10-14)15-11-7-8-13(2)12-15/h4-12H,3H2,1-2H3. The molecular formula is C15H17N. The van der Waals surface area contributed by atoms with Gasteiger partial charge in [-0.25, -0.2) is 0 Å². The molecule has 1 nitrogen and oxygen atoms in total. The molecule has 0 saturated carbocycles. The van der Waals surface area contributed by atoms with E-state index in [9.17, 15) is 0 Å². The van der Waals surface area contributed by atoms with E-state index in [4.69, 9.17) is 0 Å². The lowest BCUT2D eigenvalue weighted by Gasteiger charge is -2.23. The van der Waals surface area contributed by atoms with Gasteiger partial charge in [0.25, 0.3) is 0 Å². The van der Waals surface area contributed by atoms with Gasteiger partial charge < -0.3 is 4.90 Å². The first-order valence-corrected chi connectivity index (χ1v) is 5.70. The van der Waals surface area contributed by atoms with Crippen molar-refractivity contribution in [3.05, 3.63) is 60.2 Å². The molecule has 2 aromatic rings. The number of hydrogen-bond acceptors (Lipinski definition) is 1. The Morgan fingerprint density at radius 1 is 0.875 bits per heavy atom. The summed E-state index contributed by atoms with van der Waals surface area (Å²) in [5, 5.41) is 0. The van der Waals surface area contributed by atoms with Crippen molar-refractivity contribution in [2.24, 2.45) is 0 Å². The van der Waals surface area contributed by atoms with Crippen LogP contribution >= 0.6 is 0 Å². The van der Waals surface area contributed by atoms with E-state index in [1.165, 1.54) is 16.9 Å². The van der Waals surface area contributed by atoms with Crippen LogP contribution in [-0.4, -0.2) is 6.54 Å². The number of anilines is 2. The lowest BCUT2D eigenvalue weighted by atomic mass is 10.2. The first kappa shape index (κ1) is 10.7. The van der Waals surface area contributed by atoms with Crippen LogP contribution < -0.4 is 4.90 Å². The maximum absolute atomic E-state index is 2.31. The zero-order chi connectivity index (χ0) is 11.4. The van der Waals surface area contributed by atoms with Gasteiger partial charge in [-0.15, -0.1) is 0 Å². The van der Waals surface area contributed by atoms with Crippen molar-refractivity contribution >= 4 is 11.4 Å². The van der Waals surface area contributed by atoms with Gasteiger partial charge in [-0.1, -0.05) is 30.3 Å². The molecule has 0 fully saturated rings. The predicted molar refractivity (Wildman–Crippen MR) is 70.3 cm³/mol. The van der Waals surface area contributed by atoms with Crippen LogP contribution in [0.25, 0.3) is 0 Å². The third-order valence-electron chi connectivity index (χ3n) is 2.70. The van der Waals surface area contributed by atoms with Crippen molar-refractivity contribution in [2.75, 3.05) is 11.4 Å². The van der Waals surface area contributed by atoms with E-state index in [1.807, 2.05) is 6.07 Å². The van der Waals surface area contributed by atoms with Gasteiger partial charge in [0.1, 0.15) is 0 Å². The van der Waals surface area contributed by atoms with Gasteiger partial charge in [0.15, 0.2) is 0 Å². The van der Waals surface area contributed by atoms with Gasteiger partial charge in [0, 0.05) is 17.9 Å². The molecule has 0 aliphatic carbocycles. The molecule has 0 aliphatic rings. The highest BCUT2D eigenvalue weighted by Crippen LogP contribution is 2.25. The molecule has 0 amide bonds. The Bertz CT molecular complexity index is 448. The summed E-state index contributed by atoms with van der Waals surface area (Å²) in [5.74, 6) is 0. The maximum atomic E-state index is 2.31. The Hall–Kier alpha value is -1.76. The molecule has 2 rings (SSSR count). The van der Waals surface area contributed by atoms with Crippen LogP contribution in [0, 0.1) is 6.92 Å². The smallest absolute Gasteiger partial charge is 0.0413 e. The molecule has 0 aliphatic heterocycles. The predicted octanol–water partition coefficient (Wildman–Crippen LogP) is 4.15. The van der Waals surface area contributed by atoms with Gasteiger partial charge in [-0.05, 0) is 43.7 Å². The van der Waals surface area contributed by atoms with Crippen molar-refractivity contribution in [1.29, 1.82) is 0 Å². The largest absolute Gasteiger partial charge is 0.342 e. The molecule has 0 unspecified atom stereocenters. The van der Waals surface area contributed by atoms with Crippen LogP contribution in [0.4, 0.5) is 11.4 Å². The van der Waals surface area contributed by atoms with E-state index in [-0.39, 0.29) is 0 Å². The monoisotopic (exact) mass is 211 g/mol. The minimum Gasteiger partial charge on any atom is -0.342 e. The Morgan fingerprint density at radius 3 is 2.19 bits per heavy atom. The molecule has 0 aromatic heterocycles. The summed E-state index contributed by atoms with van der Waals surface area (Å²) >= 11 is 0. The zero-order valence-electron chi connectivity index (χ0n) is 9.85. The molecule has 82 valence electrons. The molecule has 0 spiro atoms. The SMILES string of the molecule is CCN(c1ccccc1)c1cccc(C)c1. The Labute approximate surface area is 97.3 Å². The van der Waals surface area contributed by atoms with Crippen LogP contribution in [0.1, 0.15) is 12.5 Å². The second-order valence-corrected chi connectivity index (χ2v) is 3.92. The van der Waals surface area contributed by atoms with Crippen LogP contribution in [0.3, 0.4) is 0 Å². The molecule has 0 heterocycles. The number of para-hydroxylation sites is 1. The summed E-state index contributed by atoms with van der Waals surface area (Å²) in [4.78, 5) is 2.31.